The van der Waals surface area contributed by atoms with Crippen molar-refractivity contribution in [3.05, 3.63) is 28.2 Å². The van der Waals surface area contributed by atoms with E-state index in [0.717, 1.165) is 28.6 Å². The molecule has 1 saturated carbocycles. The number of rotatable bonds is 3. The Kier molecular flexibility index (Phi) is 3.82. The summed E-state index contributed by atoms with van der Waals surface area (Å²) >= 11 is 8.50. The molecule has 0 aromatic heterocycles. The van der Waals surface area contributed by atoms with Crippen molar-refractivity contribution in [3.63, 3.8) is 0 Å². The molecule has 16 heavy (non-hydrogen) atoms. The van der Waals surface area contributed by atoms with Crippen LogP contribution in [0.5, 0.6) is 5.75 Å². The van der Waals surface area contributed by atoms with E-state index >= 15 is 0 Å². The van der Waals surface area contributed by atoms with Crippen LogP contribution in [0.1, 0.15) is 31.2 Å². The first-order valence-electron chi connectivity index (χ1n) is 5.43. The molecular weight excluding hydrogens is 286 g/mol. The third kappa shape index (κ3) is 2.55. The normalized spacial score (nSPS) is 16.3. The number of ether oxygens (including phenoxy) is 1. The van der Waals surface area contributed by atoms with E-state index in [2.05, 4.69) is 15.9 Å². The standard InChI is InChI=1S/C12H14BrNOS/c13-9-6-3-7-10(11(9)12(14)16)15-8-4-1-2-5-8/h3,6-8H,1-2,4-5H2,(H2,14,16). The van der Waals surface area contributed by atoms with E-state index in [1.807, 2.05) is 18.2 Å². The fourth-order valence-electron chi connectivity index (χ4n) is 2.03. The van der Waals surface area contributed by atoms with Crippen LogP contribution in [0.2, 0.25) is 0 Å². The number of nitrogens with two attached hydrogens (primary N) is 1. The summed E-state index contributed by atoms with van der Waals surface area (Å²) in [6, 6.07) is 5.80. The van der Waals surface area contributed by atoms with Crippen LogP contribution in [0, 0.1) is 0 Å². The van der Waals surface area contributed by atoms with Crippen LogP contribution in [0.4, 0.5) is 0 Å². The van der Waals surface area contributed by atoms with Crippen LogP contribution in [-0.4, -0.2) is 11.1 Å². The van der Waals surface area contributed by atoms with Crippen LogP contribution in [0.25, 0.3) is 0 Å². The van der Waals surface area contributed by atoms with Gasteiger partial charge in [0.05, 0.1) is 11.7 Å². The molecule has 2 rings (SSSR count). The van der Waals surface area contributed by atoms with Gasteiger partial charge < -0.3 is 10.5 Å². The summed E-state index contributed by atoms with van der Waals surface area (Å²) in [6.45, 7) is 0. The zero-order valence-electron chi connectivity index (χ0n) is 8.91. The second-order valence-electron chi connectivity index (χ2n) is 4.00. The van der Waals surface area contributed by atoms with Gasteiger partial charge in [-0.15, -0.1) is 0 Å². The largest absolute Gasteiger partial charge is 0.490 e. The van der Waals surface area contributed by atoms with E-state index in [1.54, 1.807) is 0 Å². The van der Waals surface area contributed by atoms with Gasteiger partial charge in [-0.05, 0) is 53.7 Å². The SMILES string of the molecule is NC(=S)c1c(Br)cccc1OC1CCCC1. The molecule has 1 aliphatic rings. The number of halogens is 1. The number of hydrogen-bond acceptors (Lipinski definition) is 2. The molecule has 1 aromatic rings. The van der Waals surface area contributed by atoms with Crippen molar-refractivity contribution in [2.75, 3.05) is 0 Å². The average molecular weight is 300 g/mol. The maximum atomic E-state index is 5.95. The Bertz CT molecular complexity index is 402. The van der Waals surface area contributed by atoms with Gasteiger partial charge in [-0.3, -0.25) is 0 Å². The Morgan fingerprint density at radius 1 is 1.38 bits per heavy atom. The summed E-state index contributed by atoms with van der Waals surface area (Å²) in [5.41, 5.74) is 6.52. The lowest BCUT2D eigenvalue weighted by Gasteiger charge is -2.16. The summed E-state index contributed by atoms with van der Waals surface area (Å²) in [5.74, 6) is 0.800. The Labute approximate surface area is 109 Å². The van der Waals surface area contributed by atoms with Gasteiger partial charge in [0.25, 0.3) is 0 Å². The summed E-state index contributed by atoms with van der Waals surface area (Å²) in [7, 11) is 0. The van der Waals surface area contributed by atoms with Crippen molar-refractivity contribution in [2.45, 2.75) is 31.8 Å². The third-order valence-corrected chi connectivity index (χ3v) is 3.68. The Morgan fingerprint density at radius 2 is 2.06 bits per heavy atom. The third-order valence-electron chi connectivity index (χ3n) is 2.82. The first kappa shape index (κ1) is 11.9. The van der Waals surface area contributed by atoms with Crippen LogP contribution in [0.15, 0.2) is 22.7 Å². The van der Waals surface area contributed by atoms with Crippen molar-refractivity contribution >= 4 is 33.1 Å². The molecule has 0 radical (unpaired) electrons. The van der Waals surface area contributed by atoms with E-state index in [0.29, 0.717) is 11.1 Å². The predicted molar refractivity (Wildman–Crippen MR) is 72.9 cm³/mol. The minimum atomic E-state index is 0.322. The molecular formula is C12H14BrNOS. The molecule has 0 amide bonds. The van der Waals surface area contributed by atoms with Gasteiger partial charge in [-0.25, -0.2) is 0 Å². The summed E-state index contributed by atoms with van der Waals surface area (Å²) in [6.07, 6.45) is 5.08. The van der Waals surface area contributed by atoms with E-state index in [-0.39, 0.29) is 0 Å². The smallest absolute Gasteiger partial charge is 0.131 e. The first-order chi connectivity index (χ1) is 7.68. The highest BCUT2D eigenvalue weighted by atomic mass is 79.9. The Hall–Kier alpha value is -0.610. The maximum Gasteiger partial charge on any atom is 0.131 e. The second kappa shape index (κ2) is 5.15. The minimum absolute atomic E-state index is 0.322. The molecule has 0 atom stereocenters. The van der Waals surface area contributed by atoms with Crippen LogP contribution >= 0.6 is 28.1 Å². The topological polar surface area (TPSA) is 35.2 Å². The summed E-state index contributed by atoms with van der Waals surface area (Å²) < 4.78 is 6.85. The zero-order chi connectivity index (χ0) is 11.5. The molecule has 1 aliphatic carbocycles. The molecule has 4 heteroatoms. The van der Waals surface area contributed by atoms with Crippen molar-refractivity contribution in [1.82, 2.24) is 0 Å². The van der Waals surface area contributed by atoms with E-state index in [9.17, 15) is 0 Å². The highest BCUT2D eigenvalue weighted by Gasteiger charge is 2.19. The van der Waals surface area contributed by atoms with Gasteiger partial charge in [0.1, 0.15) is 10.7 Å². The van der Waals surface area contributed by atoms with Gasteiger partial charge in [-0.1, -0.05) is 18.3 Å². The average Bonchev–Trinajstić information content (AvgIpc) is 2.70. The molecule has 0 saturated heterocycles. The van der Waals surface area contributed by atoms with Gasteiger partial charge in [0.2, 0.25) is 0 Å². The predicted octanol–water partition coefficient (Wildman–Crippen LogP) is 3.40. The Balaban J connectivity index is 2.25. The molecule has 0 unspecified atom stereocenters. The molecule has 0 spiro atoms. The van der Waals surface area contributed by atoms with Crippen LogP contribution in [0.3, 0.4) is 0 Å². The molecule has 0 heterocycles. The quantitative estimate of drug-likeness (QED) is 0.869. The van der Waals surface area contributed by atoms with Crippen LogP contribution in [-0.2, 0) is 0 Å². The van der Waals surface area contributed by atoms with Gasteiger partial charge >= 0.3 is 0 Å². The number of hydrogen-bond donors (Lipinski definition) is 1. The lowest BCUT2D eigenvalue weighted by Crippen LogP contribution is -2.17. The fraction of sp³-hybridized carbons (Fsp3) is 0.417. The van der Waals surface area contributed by atoms with E-state index < -0.39 is 0 Å². The number of benzene rings is 1. The highest BCUT2D eigenvalue weighted by Crippen LogP contribution is 2.30. The van der Waals surface area contributed by atoms with E-state index in [4.69, 9.17) is 22.7 Å². The van der Waals surface area contributed by atoms with Crippen molar-refractivity contribution in [2.24, 2.45) is 5.73 Å². The number of thiocarbonyl (C=S) groups is 1. The molecule has 2 N–H and O–H groups in total. The monoisotopic (exact) mass is 299 g/mol. The first-order valence-corrected chi connectivity index (χ1v) is 6.63. The molecule has 1 aromatic carbocycles. The highest BCUT2D eigenvalue weighted by molar-refractivity contribution is 9.10. The van der Waals surface area contributed by atoms with Crippen LogP contribution < -0.4 is 10.5 Å². The maximum absolute atomic E-state index is 5.95. The van der Waals surface area contributed by atoms with Crippen molar-refractivity contribution in [1.29, 1.82) is 0 Å². The molecule has 1 fully saturated rings. The summed E-state index contributed by atoms with van der Waals surface area (Å²) in [5, 5.41) is 0. The molecule has 86 valence electrons. The second-order valence-corrected chi connectivity index (χ2v) is 5.30. The lowest BCUT2D eigenvalue weighted by molar-refractivity contribution is 0.209. The van der Waals surface area contributed by atoms with Gasteiger partial charge in [0, 0.05) is 4.47 Å². The fourth-order valence-corrected chi connectivity index (χ4v) is 2.93. The van der Waals surface area contributed by atoms with Gasteiger partial charge in [-0.2, -0.15) is 0 Å². The minimum Gasteiger partial charge on any atom is -0.490 e. The lowest BCUT2D eigenvalue weighted by atomic mass is 10.2. The van der Waals surface area contributed by atoms with Gasteiger partial charge in [0.15, 0.2) is 0 Å². The Morgan fingerprint density at radius 3 is 2.69 bits per heavy atom. The molecule has 0 aliphatic heterocycles. The molecule has 0 bridgehead atoms. The summed E-state index contributed by atoms with van der Waals surface area (Å²) in [4.78, 5) is 0.375. The van der Waals surface area contributed by atoms with Crippen molar-refractivity contribution < 1.29 is 4.74 Å². The molecule has 2 nitrogen and oxygen atoms in total. The van der Waals surface area contributed by atoms with E-state index in [1.165, 1.54) is 12.8 Å². The zero-order valence-corrected chi connectivity index (χ0v) is 11.3. The van der Waals surface area contributed by atoms with Crippen molar-refractivity contribution in [3.8, 4) is 5.75 Å².